The molecule has 2 N–H and O–H groups in total. The summed E-state index contributed by atoms with van der Waals surface area (Å²) in [5, 5.41) is 17.8. The van der Waals surface area contributed by atoms with Crippen LogP contribution in [0.1, 0.15) is 18.9 Å². The van der Waals surface area contributed by atoms with Crippen LogP contribution >= 0.6 is 0 Å². The van der Waals surface area contributed by atoms with Crippen LogP contribution in [-0.2, 0) is 6.61 Å². The maximum Gasteiger partial charge on any atom is 0.171 e. The highest BCUT2D eigenvalue weighted by Gasteiger charge is 2.14. The number of aromatic nitrogens is 1. The number of nitrogens with zero attached hydrogens (tertiary/aromatic N) is 2. The molecule has 1 aromatic heterocycles. The van der Waals surface area contributed by atoms with Crippen molar-refractivity contribution in [3.8, 4) is 0 Å². The van der Waals surface area contributed by atoms with Gasteiger partial charge in [0.15, 0.2) is 11.6 Å². The van der Waals surface area contributed by atoms with E-state index in [9.17, 15) is 4.39 Å². The molecule has 90 valence electrons. The second-order valence-corrected chi connectivity index (χ2v) is 3.48. The van der Waals surface area contributed by atoms with Gasteiger partial charge in [0.05, 0.1) is 13.2 Å². The lowest BCUT2D eigenvalue weighted by molar-refractivity contribution is 0.275. The first-order valence-corrected chi connectivity index (χ1v) is 5.34. The van der Waals surface area contributed by atoms with Gasteiger partial charge < -0.3 is 15.1 Å². The summed E-state index contributed by atoms with van der Waals surface area (Å²) in [5.41, 5.74) is 0.226. The molecule has 0 spiro atoms. The van der Waals surface area contributed by atoms with Crippen molar-refractivity contribution < 1.29 is 14.6 Å². The first-order valence-electron chi connectivity index (χ1n) is 5.34. The summed E-state index contributed by atoms with van der Waals surface area (Å²) in [5.74, 6) is -0.311. The Bertz CT molecular complexity index is 328. The van der Waals surface area contributed by atoms with Gasteiger partial charge in [-0.15, -0.1) is 0 Å². The van der Waals surface area contributed by atoms with Gasteiger partial charge in [-0.25, -0.2) is 9.37 Å². The minimum atomic E-state index is -0.507. The van der Waals surface area contributed by atoms with Crippen LogP contribution in [0.4, 0.5) is 10.2 Å². The average Bonchev–Trinajstić information content (AvgIpc) is 2.29. The van der Waals surface area contributed by atoms with Gasteiger partial charge in [0.2, 0.25) is 0 Å². The summed E-state index contributed by atoms with van der Waals surface area (Å²) in [6, 6.07) is 1.45. The highest BCUT2D eigenvalue weighted by atomic mass is 19.1. The van der Waals surface area contributed by atoms with Crippen LogP contribution in [0.5, 0.6) is 0 Å². The molecule has 0 radical (unpaired) electrons. The van der Waals surface area contributed by atoms with Crippen LogP contribution in [0.2, 0.25) is 0 Å². The fraction of sp³-hybridized carbons (Fsp3) is 0.545. The molecular formula is C11H17FN2O2. The van der Waals surface area contributed by atoms with Crippen molar-refractivity contribution in [2.24, 2.45) is 0 Å². The van der Waals surface area contributed by atoms with Gasteiger partial charge in [0, 0.05) is 24.8 Å². The maximum atomic E-state index is 13.8. The lowest BCUT2D eigenvalue weighted by Gasteiger charge is -2.23. The average molecular weight is 228 g/mol. The SMILES string of the molecule is CCCN(CCO)c1nccc(CO)c1F. The Kier molecular flexibility index (Phi) is 5.14. The molecule has 0 saturated heterocycles. The molecule has 0 aromatic carbocycles. The predicted octanol–water partition coefficient (Wildman–Crippen LogP) is 0.922. The minimum absolute atomic E-state index is 0.0511. The minimum Gasteiger partial charge on any atom is -0.395 e. The van der Waals surface area contributed by atoms with Crippen LogP contribution < -0.4 is 4.90 Å². The van der Waals surface area contributed by atoms with Crippen LogP contribution in [0.3, 0.4) is 0 Å². The van der Waals surface area contributed by atoms with Crippen LogP contribution in [0.25, 0.3) is 0 Å². The molecule has 0 amide bonds. The fourth-order valence-corrected chi connectivity index (χ4v) is 1.53. The quantitative estimate of drug-likeness (QED) is 0.760. The van der Waals surface area contributed by atoms with E-state index in [1.165, 1.54) is 12.3 Å². The van der Waals surface area contributed by atoms with Gasteiger partial charge in [-0.1, -0.05) is 6.92 Å². The van der Waals surface area contributed by atoms with Gasteiger partial charge in [-0.3, -0.25) is 0 Å². The number of pyridine rings is 1. The number of aliphatic hydroxyl groups excluding tert-OH is 2. The Morgan fingerprint density at radius 2 is 2.12 bits per heavy atom. The molecule has 1 aromatic rings. The number of anilines is 1. The molecule has 16 heavy (non-hydrogen) atoms. The molecule has 0 bridgehead atoms. The molecule has 0 unspecified atom stereocenters. The predicted molar refractivity (Wildman–Crippen MR) is 59.7 cm³/mol. The van der Waals surface area contributed by atoms with E-state index in [2.05, 4.69) is 4.98 Å². The summed E-state index contributed by atoms with van der Waals surface area (Å²) >= 11 is 0. The summed E-state index contributed by atoms with van der Waals surface area (Å²) < 4.78 is 13.8. The first-order chi connectivity index (χ1) is 7.74. The van der Waals surface area contributed by atoms with Crippen molar-refractivity contribution in [2.45, 2.75) is 20.0 Å². The number of aliphatic hydroxyl groups is 2. The van der Waals surface area contributed by atoms with Crippen molar-refractivity contribution in [3.05, 3.63) is 23.6 Å². The van der Waals surface area contributed by atoms with Gasteiger partial charge >= 0.3 is 0 Å². The Hall–Kier alpha value is -1.20. The first kappa shape index (κ1) is 12.9. The molecule has 1 rings (SSSR count). The normalized spacial score (nSPS) is 10.5. The smallest absolute Gasteiger partial charge is 0.171 e. The van der Waals surface area contributed by atoms with E-state index in [4.69, 9.17) is 10.2 Å². The van der Waals surface area contributed by atoms with E-state index in [1.54, 1.807) is 4.90 Å². The van der Waals surface area contributed by atoms with E-state index in [0.29, 0.717) is 13.1 Å². The molecule has 0 atom stereocenters. The molecule has 0 aliphatic rings. The Labute approximate surface area is 94.4 Å². The van der Waals surface area contributed by atoms with Crippen molar-refractivity contribution in [1.29, 1.82) is 0 Å². The number of halogens is 1. The van der Waals surface area contributed by atoms with E-state index >= 15 is 0 Å². The van der Waals surface area contributed by atoms with Crippen LogP contribution in [0.15, 0.2) is 12.3 Å². The van der Waals surface area contributed by atoms with E-state index in [-0.39, 0.29) is 24.6 Å². The van der Waals surface area contributed by atoms with E-state index in [1.807, 2.05) is 6.92 Å². The largest absolute Gasteiger partial charge is 0.395 e. The molecule has 5 heteroatoms. The highest BCUT2D eigenvalue weighted by molar-refractivity contribution is 5.42. The van der Waals surface area contributed by atoms with Crippen molar-refractivity contribution in [2.75, 3.05) is 24.6 Å². The van der Waals surface area contributed by atoms with Gasteiger partial charge in [-0.05, 0) is 12.5 Å². The zero-order valence-corrected chi connectivity index (χ0v) is 9.36. The Morgan fingerprint density at radius 3 is 2.69 bits per heavy atom. The van der Waals surface area contributed by atoms with Gasteiger partial charge in [0.25, 0.3) is 0 Å². The zero-order valence-electron chi connectivity index (χ0n) is 9.36. The summed E-state index contributed by atoms with van der Waals surface area (Å²) in [6.45, 7) is 2.54. The molecule has 0 saturated carbocycles. The van der Waals surface area contributed by atoms with Gasteiger partial charge in [-0.2, -0.15) is 0 Å². The Balaban J connectivity index is 2.98. The van der Waals surface area contributed by atoms with Crippen LogP contribution in [-0.4, -0.2) is 34.9 Å². The van der Waals surface area contributed by atoms with Crippen molar-refractivity contribution in [1.82, 2.24) is 4.98 Å². The highest BCUT2D eigenvalue weighted by Crippen LogP contribution is 2.19. The number of hydrogen-bond donors (Lipinski definition) is 2. The number of hydrogen-bond acceptors (Lipinski definition) is 4. The summed E-state index contributed by atoms with van der Waals surface area (Å²) in [6.07, 6.45) is 2.30. The molecular weight excluding hydrogens is 211 g/mol. The molecule has 0 fully saturated rings. The van der Waals surface area contributed by atoms with Gasteiger partial charge in [0.1, 0.15) is 0 Å². The third-order valence-electron chi connectivity index (χ3n) is 2.28. The fourth-order valence-electron chi connectivity index (χ4n) is 1.53. The summed E-state index contributed by atoms with van der Waals surface area (Å²) in [4.78, 5) is 5.63. The Morgan fingerprint density at radius 1 is 1.38 bits per heavy atom. The molecule has 1 heterocycles. The molecule has 4 nitrogen and oxygen atoms in total. The lowest BCUT2D eigenvalue weighted by Crippen LogP contribution is -2.29. The summed E-state index contributed by atoms with van der Waals surface area (Å²) in [7, 11) is 0. The molecule has 0 aliphatic carbocycles. The molecule has 0 aliphatic heterocycles. The maximum absolute atomic E-state index is 13.8. The topological polar surface area (TPSA) is 56.6 Å². The van der Waals surface area contributed by atoms with E-state index < -0.39 is 5.82 Å². The second kappa shape index (κ2) is 6.40. The van der Waals surface area contributed by atoms with E-state index in [0.717, 1.165) is 6.42 Å². The number of rotatable bonds is 6. The third-order valence-corrected chi connectivity index (χ3v) is 2.28. The van der Waals surface area contributed by atoms with Crippen LogP contribution in [0, 0.1) is 5.82 Å². The monoisotopic (exact) mass is 228 g/mol. The lowest BCUT2D eigenvalue weighted by atomic mass is 10.2. The second-order valence-electron chi connectivity index (χ2n) is 3.48. The van der Waals surface area contributed by atoms with Crippen molar-refractivity contribution in [3.63, 3.8) is 0 Å². The zero-order chi connectivity index (χ0) is 12.0. The third kappa shape index (κ3) is 2.90. The standard InChI is InChI=1S/C11H17FN2O2/c1-2-5-14(6-7-15)11-10(12)9(8-16)3-4-13-11/h3-4,15-16H,2,5-8H2,1H3. The van der Waals surface area contributed by atoms with Crippen molar-refractivity contribution >= 4 is 5.82 Å².